The van der Waals surface area contributed by atoms with E-state index in [0.29, 0.717) is 25.0 Å². The van der Waals surface area contributed by atoms with E-state index in [2.05, 4.69) is 19.2 Å². The maximum atomic E-state index is 12.0. The summed E-state index contributed by atoms with van der Waals surface area (Å²) in [7, 11) is 0. The molecule has 1 aliphatic carbocycles. The number of nitrogens with one attached hydrogen (secondary N) is 1. The summed E-state index contributed by atoms with van der Waals surface area (Å²) in [6, 6.07) is 0.281. The average Bonchev–Trinajstić information content (AvgIpc) is 2.36. The molecule has 19 heavy (non-hydrogen) atoms. The molecule has 4 heteroatoms. The van der Waals surface area contributed by atoms with Crippen LogP contribution >= 0.6 is 0 Å². The first-order valence-corrected chi connectivity index (χ1v) is 7.61. The van der Waals surface area contributed by atoms with Gasteiger partial charge in [0.15, 0.2) is 0 Å². The third-order valence-corrected chi connectivity index (χ3v) is 3.87. The molecular formula is C15H30N2O2. The molecule has 1 rings (SSSR count). The Hall–Kier alpha value is -0.610. The molecule has 3 unspecified atom stereocenters. The van der Waals surface area contributed by atoms with Crippen LogP contribution in [0, 0.1) is 17.8 Å². The number of hydrogen-bond donors (Lipinski definition) is 2. The predicted octanol–water partition coefficient (Wildman–Crippen LogP) is 1.93. The van der Waals surface area contributed by atoms with E-state index in [1.807, 2.05) is 6.92 Å². The summed E-state index contributed by atoms with van der Waals surface area (Å²) in [6.45, 7) is 8.21. The van der Waals surface area contributed by atoms with Crippen molar-refractivity contribution in [3.05, 3.63) is 0 Å². The molecule has 3 atom stereocenters. The quantitative estimate of drug-likeness (QED) is 0.695. The average molecular weight is 270 g/mol. The van der Waals surface area contributed by atoms with Crippen molar-refractivity contribution >= 4 is 5.91 Å². The molecule has 0 bridgehead atoms. The standard InChI is InChI=1S/C15H30N2O2/c1-11(2)10-19-8-7-17-15(18)12(3)13-5-4-6-14(16)9-13/h11-14H,4-10,16H2,1-3H3,(H,17,18). The molecule has 1 saturated carbocycles. The first kappa shape index (κ1) is 16.4. The fourth-order valence-electron chi connectivity index (χ4n) is 2.66. The minimum Gasteiger partial charge on any atom is -0.379 e. The number of ether oxygens (including phenoxy) is 1. The van der Waals surface area contributed by atoms with E-state index in [1.165, 1.54) is 0 Å². The van der Waals surface area contributed by atoms with Gasteiger partial charge in [0.1, 0.15) is 0 Å². The zero-order valence-corrected chi connectivity index (χ0v) is 12.7. The maximum Gasteiger partial charge on any atom is 0.223 e. The van der Waals surface area contributed by atoms with Crippen LogP contribution in [0.4, 0.5) is 0 Å². The molecule has 1 fully saturated rings. The Kier molecular flexibility index (Phi) is 7.39. The number of hydrogen-bond acceptors (Lipinski definition) is 3. The van der Waals surface area contributed by atoms with Crippen LogP contribution in [0.3, 0.4) is 0 Å². The lowest BCUT2D eigenvalue weighted by Gasteiger charge is -2.30. The van der Waals surface area contributed by atoms with E-state index in [9.17, 15) is 4.79 Å². The van der Waals surface area contributed by atoms with E-state index in [1.54, 1.807) is 0 Å². The third-order valence-electron chi connectivity index (χ3n) is 3.87. The van der Waals surface area contributed by atoms with Crippen LogP contribution in [0.5, 0.6) is 0 Å². The molecule has 1 aliphatic rings. The van der Waals surface area contributed by atoms with E-state index in [-0.39, 0.29) is 17.9 Å². The topological polar surface area (TPSA) is 64.3 Å². The molecule has 0 aromatic heterocycles. The lowest BCUT2D eigenvalue weighted by atomic mass is 9.78. The molecule has 0 aliphatic heterocycles. The Labute approximate surface area is 117 Å². The molecule has 4 nitrogen and oxygen atoms in total. The van der Waals surface area contributed by atoms with Gasteiger partial charge in [0, 0.05) is 25.1 Å². The fraction of sp³-hybridized carbons (Fsp3) is 0.933. The van der Waals surface area contributed by atoms with Crippen LogP contribution in [-0.2, 0) is 9.53 Å². The first-order valence-electron chi connectivity index (χ1n) is 7.61. The van der Waals surface area contributed by atoms with Crippen molar-refractivity contribution in [3.63, 3.8) is 0 Å². The van der Waals surface area contributed by atoms with Crippen LogP contribution in [-0.4, -0.2) is 31.7 Å². The number of carbonyl (C=O) groups is 1. The van der Waals surface area contributed by atoms with Gasteiger partial charge < -0.3 is 15.8 Å². The smallest absolute Gasteiger partial charge is 0.223 e. The highest BCUT2D eigenvalue weighted by atomic mass is 16.5. The molecule has 3 N–H and O–H groups in total. The first-order chi connectivity index (χ1) is 9.00. The van der Waals surface area contributed by atoms with Gasteiger partial charge in [-0.2, -0.15) is 0 Å². The van der Waals surface area contributed by atoms with E-state index < -0.39 is 0 Å². The summed E-state index contributed by atoms with van der Waals surface area (Å²) in [5, 5.41) is 2.96. The van der Waals surface area contributed by atoms with E-state index >= 15 is 0 Å². The van der Waals surface area contributed by atoms with Gasteiger partial charge in [-0.1, -0.05) is 27.2 Å². The summed E-state index contributed by atoms with van der Waals surface area (Å²) >= 11 is 0. The largest absolute Gasteiger partial charge is 0.379 e. The van der Waals surface area contributed by atoms with Crippen LogP contribution in [0.25, 0.3) is 0 Å². The lowest BCUT2D eigenvalue weighted by molar-refractivity contribution is -0.126. The van der Waals surface area contributed by atoms with Crippen LogP contribution < -0.4 is 11.1 Å². The molecule has 0 aromatic carbocycles. The van der Waals surface area contributed by atoms with E-state index in [0.717, 1.165) is 32.3 Å². The van der Waals surface area contributed by atoms with Crippen molar-refractivity contribution in [2.45, 2.75) is 52.5 Å². The minimum absolute atomic E-state index is 0.0662. The predicted molar refractivity (Wildman–Crippen MR) is 77.8 cm³/mol. The van der Waals surface area contributed by atoms with Gasteiger partial charge >= 0.3 is 0 Å². The molecular weight excluding hydrogens is 240 g/mol. The normalized spacial score (nSPS) is 25.3. The third kappa shape index (κ3) is 6.39. The highest BCUT2D eigenvalue weighted by molar-refractivity contribution is 5.78. The minimum atomic E-state index is 0.0662. The fourth-order valence-corrected chi connectivity index (χ4v) is 2.66. The van der Waals surface area contributed by atoms with Crippen LogP contribution in [0.15, 0.2) is 0 Å². The van der Waals surface area contributed by atoms with Crippen molar-refractivity contribution in [2.75, 3.05) is 19.8 Å². The Bertz CT molecular complexity index is 269. The summed E-state index contributed by atoms with van der Waals surface area (Å²) in [5.74, 6) is 1.20. The molecule has 0 aromatic rings. The van der Waals surface area contributed by atoms with Crippen molar-refractivity contribution < 1.29 is 9.53 Å². The Morgan fingerprint density at radius 3 is 2.74 bits per heavy atom. The number of rotatable bonds is 7. The molecule has 0 radical (unpaired) electrons. The molecule has 112 valence electrons. The Morgan fingerprint density at radius 1 is 1.37 bits per heavy atom. The van der Waals surface area contributed by atoms with Crippen molar-refractivity contribution in [3.8, 4) is 0 Å². The van der Waals surface area contributed by atoms with Gasteiger partial charge in [-0.15, -0.1) is 0 Å². The molecule has 0 spiro atoms. The number of carbonyl (C=O) groups excluding carboxylic acids is 1. The number of nitrogens with two attached hydrogens (primary N) is 1. The van der Waals surface area contributed by atoms with Gasteiger partial charge in [0.2, 0.25) is 5.91 Å². The maximum absolute atomic E-state index is 12.0. The van der Waals surface area contributed by atoms with Gasteiger partial charge in [-0.25, -0.2) is 0 Å². The van der Waals surface area contributed by atoms with Crippen LogP contribution in [0.1, 0.15) is 46.5 Å². The summed E-state index contributed by atoms with van der Waals surface area (Å²) in [6.07, 6.45) is 4.37. The van der Waals surface area contributed by atoms with Crippen LogP contribution in [0.2, 0.25) is 0 Å². The molecule has 0 heterocycles. The SMILES string of the molecule is CC(C)COCCNC(=O)C(C)C1CCCC(N)C1. The summed E-state index contributed by atoms with van der Waals surface area (Å²) < 4.78 is 5.45. The zero-order valence-electron chi connectivity index (χ0n) is 12.7. The number of amides is 1. The second-order valence-electron chi connectivity index (χ2n) is 6.24. The second kappa shape index (κ2) is 8.54. The van der Waals surface area contributed by atoms with Gasteiger partial charge in [0.05, 0.1) is 6.61 Å². The summed E-state index contributed by atoms with van der Waals surface area (Å²) in [5.41, 5.74) is 5.98. The highest BCUT2D eigenvalue weighted by Crippen LogP contribution is 2.29. The lowest BCUT2D eigenvalue weighted by Crippen LogP contribution is -2.39. The van der Waals surface area contributed by atoms with Crippen molar-refractivity contribution in [2.24, 2.45) is 23.5 Å². The molecule has 0 saturated heterocycles. The zero-order chi connectivity index (χ0) is 14.3. The van der Waals surface area contributed by atoms with Crippen molar-refractivity contribution in [1.29, 1.82) is 0 Å². The van der Waals surface area contributed by atoms with Gasteiger partial charge in [0.25, 0.3) is 0 Å². The van der Waals surface area contributed by atoms with Gasteiger partial charge in [-0.3, -0.25) is 4.79 Å². The Balaban J connectivity index is 2.17. The van der Waals surface area contributed by atoms with E-state index in [4.69, 9.17) is 10.5 Å². The Morgan fingerprint density at radius 2 is 2.11 bits per heavy atom. The second-order valence-corrected chi connectivity index (χ2v) is 6.24. The highest BCUT2D eigenvalue weighted by Gasteiger charge is 2.28. The van der Waals surface area contributed by atoms with Crippen molar-refractivity contribution in [1.82, 2.24) is 5.32 Å². The summed E-state index contributed by atoms with van der Waals surface area (Å²) in [4.78, 5) is 12.0. The monoisotopic (exact) mass is 270 g/mol. The van der Waals surface area contributed by atoms with Gasteiger partial charge in [-0.05, 0) is 31.1 Å². The molecule has 1 amide bonds.